The van der Waals surface area contributed by atoms with E-state index in [9.17, 15) is 8.78 Å². The highest BCUT2D eigenvalue weighted by molar-refractivity contribution is 6.35. The Morgan fingerprint density at radius 3 is 2.45 bits per heavy atom. The third-order valence-electron chi connectivity index (χ3n) is 2.85. The fourth-order valence-corrected chi connectivity index (χ4v) is 1.92. The second kappa shape index (κ2) is 7.25. The lowest BCUT2D eigenvalue weighted by Gasteiger charge is -1.99. The Morgan fingerprint density at radius 2 is 1.75 bits per heavy atom. The van der Waals surface area contributed by atoms with Gasteiger partial charge in [-0.15, -0.1) is 0 Å². The summed E-state index contributed by atoms with van der Waals surface area (Å²) in [4.78, 5) is 0. The van der Waals surface area contributed by atoms with Gasteiger partial charge in [-0.25, -0.2) is 8.78 Å². The van der Waals surface area contributed by atoms with E-state index in [0.29, 0.717) is 11.3 Å². The molecule has 0 aliphatic rings. The van der Waals surface area contributed by atoms with Crippen molar-refractivity contribution >= 4 is 25.0 Å². The molecule has 0 saturated carbocycles. The van der Waals surface area contributed by atoms with E-state index in [-0.39, 0.29) is 0 Å². The van der Waals surface area contributed by atoms with Crippen LogP contribution in [-0.2, 0) is 6.32 Å². The molecule has 0 atom stereocenters. The molecule has 0 amide bonds. The summed E-state index contributed by atoms with van der Waals surface area (Å²) in [7, 11) is 2.01. The molecule has 0 fully saturated rings. The topological polar surface area (TPSA) is 0 Å². The molecule has 0 heterocycles. The number of rotatable bonds is 5. The zero-order chi connectivity index (χ0) is 14.4. The lowest BCUT2D eigenvalue weighted by atomic mass is 9.68. The van der Waals surface area contributed by atoms with E-state index < -0.39 is 11.6 Å². The van der Waals surface area contributed by atoms with E-state index in [2.05, 4.69) is 0 Å². The molecule has 4 heteroatoms. The number of halogens is 3. The highest BCUT2D eigenvalue weighted by Gasteiger charge is 2.02. The minimum absolute atomic E-state index is 0.613. The minimum Gasteiger partial charge on any atom is -0.204 e. The van der Waals surface area contributed by atoms with Crippen LogP contribution in [0.4, 0.5) is 8.78 Å². The van der Waals surface area contributed by atoms with Gasteiger partial charge in [0.15, 0.2) is 11.6 Å². The predicted molar refractivity (Wildman–Crippen MR) is 81.1 cm³/mol. The summed E-state index contributed by atoms with van der Waals surface area (Å²) in [6.45, 7) is 0. The Kier molecular flexibility index (Phi) is 5.36. The van der Waals surface area contributed by atoms with E-state index in [1.54, 1.807) is 6.07 Å². The maximum Gasteiger partial charge on any atom is 0.159 e. The van der Waals surface area contributed by atoms with Crippen LogP contribution in [0.25, 0.3) is 6.08 Å². The van der Waals surface area contributed by atoms with Crippen molar-refractivity contribution in [3.05, 3.63) is 76.3 Å². The molecule has 0 N–H and O–H groups in total. The lowest BCUT2D eigenvalue weighted by molar-refractivity contribution is 0.507. The standard InChI is InChI=1S/C16H13BClF2/c18-14-6-3-12(4-7-14)2-1-9-17-11-13-5-8-15(19)16(20)10-13/h1-8,10H,9,11H2/b2-1-. The molecule has 2 aromatic rings. The second-order valence-electron chi connectivity index (χ2n) is 4.43. The molecular formula is C16H13BClF2. The zero-order valence-electron chi connectivity index (χ0n) is 10.8. The first-order valence-electron chi connectivity index (χ1n) is 6.33. The van der Waals surface area contributed by atoms with Crippen LogP contribution in [0.15, 0.2) is 48.5 Å². The Labute approximate surface area is 123 Å². The summed E-state index contributed by atoms with van der Waals surface area (Å²) in [5.41, 5.74) is 1.85. The largest absolute Gasteiger partial charge is 0.204 e. The Bertz CT molecular complexity index is 594. The van der Waals surface area contributed by atoms with Gasteiger partial charge < -0.3 is 0 Å². The SMILES string of the molecule is Fc1ccc(C[B]C/C=C\c2ccc(Cl)cc2)cc1F. The molecule has 0 nitrogen and oxygen atoms in total. The summed E-state index contributed by atoms with van der Waals surface area (Å²) in [6.07, 6.45) is 5.39. The van der Waals surface area contributed by atoms with Crippen LogP contribution in [0.5, 0.6) is 0 Å². The molecule has 0 aliphatic carbocycles. The highest BCUT2D eigenvalue weighted by atomic mass is 35.5. The van der Waals surface area contributed by atoms with Gasteiger partial charge in [-0.2, -0.15) is 0 Å². The van der Waals surface area contributed by atoms with Crippen molar-refractivity contribution in [2.24, 2.45) is 0 Å². The number of hydrogen-bond donors (Lipinski definition) is 0. The minimum atomic E-state index is -0.809. The molecule has 0 aliphatic heterocycles. The fraction of sp³-hybridized carbons (Fsp3) is 0.125. The van der Waals surface area contributed by atoms with Gasteiger partial charge in [-0.05, 0) is 29.8 Å². The molecule has 0 aromatic heterocycles. The van der Waals surface area contributed by atoms with Crippen molar-refractivity contribution in [1.29, 1.82) is 0 Å². The fourth-order valence-electron chi connectivity index (χ4n) is 1.79. The van der Waals surface area contributed by atoms with E-state index >= 15 is 0 Å². The molecule has 1 radical (unpaired) electrons. The van der Waals surface area contributed by atoms with Gasteiger partial charge in [0.2, 0.25) is 0 Å². The van der Waals surface area contributed by atoms with Gasteiger partial charge in [0.25, 0.3) is 0 Å². The third-order valence-corrected chi connectivity index (χ3v) is 3.10. The highest BCUT2D eigenvalue weighted by Crippen LogP contribution is 2.11. The van der Waals surface area contributed by atoms with Crippen molar-refractivity contribution in [3.8, 4) is 0 Å². The molecule has 0 spiro atoms. The third kappa shape index (κ3) is 4.50. The Morgan fingerprint density at radius 1 is 1.00 bits per heavy atom. The average Bonchev–Trinajstić information content (AvgIpc) is 2.44. The Hall–Kier alpha value is -1.61. The van der Waals surface area contributed by atoms with Gasteiger partial charge in [0, 0.05) is 5.02 Å². The first-order valence-corrected chi connectivity index (χ1v) is 6.70. The van der Waals surface area contributed by atoms with Crippen LogP contribution in [0.1, 0.15) is 11.1 Å². The van der Waals surface area contributed by atoms with Crippen molar-refractivity contribution in [3.63, 3.8) is 0 Å². The summed E-state index contributed by atoms with van der Waals surface area (Å²) in [5, 5.41) is 0.715. The van der Waals surface area contributed by atoms with Crippen LogP contribution in [0.2, 0.25) is 11.3 Å². The molecule has 0 bridgehead atoms. The number of hydrogen-bond acceptors (Lipinski definition) is 0. The monoisotopic (exact) mass is 289 g/mol. The second-order valence-corrected chi connectivity index (χ2v) is 4.87. The first kappa shape index (κ1) is 14.8. The molecule has 101 valence electrons. The zero-order valence-corrected chi connectivity index (χ0v) is 11.6. The van der Waals surface area contributed by atoms with Gasteiger partial charge in [-0.1, -0.05) is 60.2 Å². The van der Waals surface area contributed by atoms with E-state index in [4.69, 9.17) is 11.6 Å². The van der Waals surface area contributed by atoms with Gasteiger partial charge in [0.05, 0.1) is 0 Å². The van der Waals surface area contributed by atoms with Crippen LogP contribution < -0.4 is 0 Å². The van der Waals surface area contributed by atoms with Crippen molar-refractivity contribution in [1.82, 2.24) is 0 Å². The summed E-state index contributed by atoms with van der Waals surface area (Å²) in [5.74, 6) is -1.61. The molecular weight excluding hydrogens is 276 g/mol. The van der Waals surface area contributed by atoms with Crippen LogP contribution in [0, 0.1) is 11.6 Å². The maximum atomic E-state index is 13.0. The quantitative estimate of drug-likeness (QED) is 0.539. The summed E-state index contributed by atoms with van der Waals surface area (Å²) < 4.78 is 25.7. The normalized spacial score (nSPS) is 10.9. The number of benzene rings is 2. The van der Waals surface area contributed by atoms with Crippen molar-refractivity contribution in [2.45, 2.75) is 12.6 Å². The maximum absolute atomic E-state index is 13.0. The molecule has 2 aromatic carbocycles. The van der Waals surface area contributed by atoms with Gasteiger partial charge >= 0.3 is 0 Å². The Balaban J connectivity index is 1.78. The molecule has 0 saturated heterocycles. The molecule has 0 unspecified atom stereocenters. The average molecular weight is 290 g/mol. The summed E-state index contributed by atoms with van der Waals surface area (Å²) >= 11 is 5.80. The van der Waals surface area contributed by atoms with Gasteiger partial charge in [-0.3, -0.25) is 0 Å². The smallest absolute Gasteiger partial charge is 0.159 e. The number of allylic oxidation sites excluding steroid dienone is 1. The van der Waals surface area contributed by atoms with Crippen LogP contribution in [0.3, 0.4) is 0 Å². The summed E-state index contributed by atoms with van der Waals surface area (Å²) in [6, 6.07) is 11.5. The first-order chi connectivity index (χ1) is 9.65. The van der Waals surface area contributed by atoms with E-state index in [0.717, 1.165) is 23.5 Å². The van der Waals surface area contributed by atoms with Crippen molar-refractivity contribution < 1.29 is 8.78 Å². The van der Waals surface area contributed by atoms with Gasteiger partial charge in [0.1, 0.15) is 7.28 Å². The van der Waals surface area contributed by atoms with E-state index in [1.165, 1.54) is 6.07 Å². The van der Waals surface area contributed by atoms with E-state index in [1.807, 2.05) is 43.7 Å². The molecule has 2 rings (SSSR count). The lowest BCUT2D eigenvalue weighted by Crippen LogP contribution is -1.96. The molecule has 20 heavy (non-hydrogen) atoms. The van der Waals surface area contributed by atoms with Crippen LogP contribution >= 0.6 is 11.6 Å². The predicted octanol–water partition coefficient (Wildman–Crippen LogP) is 4.95. The van der Waals surface area contributed by atoms with Crippen LogP contribution in [-0.4, -0.2) is 7.28 Å². The van der Waals surface area contributed by atoms with Crippen molar-refractivity contribution in [2.75, 3.05) is 0 Å².